The highest BCUT2D eigenvalue weighted by atomic mass is 19.1. The molecule has 0 unspecified atom stereocenters. The maximum atomic E-state index is 13.8. The smallest absolute Gasteiger partial charge is 0.305 e. The van der Waals surface area contributed by atoms with Crippen LogP contribution < -0.4 is 10.6 Å². The van der Waals surface area contributed by atoms with Crippen molar-refractivity contribution < 1.29 is 18.7 Å². The molecular formula is C28H28FN3O3. The van der Waals surface area contributed by atoms with Gasteiger partial charge in [0.05, 0.1) is 24.1 Å². The van der Waals surface area contributed by atoms with Gasteiger partial charge in [-0.15, -0.1) is 0 Å². The van der Waals surface area contributed by atoms with Crippen molar-refractivity contribution in [3.63, 3.8) is 0 Å². The van der Waals surface area contributed by atoms with Crippen molar-refractivity contribution in [1.82, 2.24) is 4.90 Å². The molecule has 0 aromatic heterocycles. The van der Waals surface area contributed by atoms with Crippen LogP contribution in [-0.4, -0.2) is 38.0 Å². The first kappa shape index (κ1) is 24.2. The van der Waals surface area contributed by atoms with Crippen molar-refractivity contribution in [2.45, 2.75) is 19.4 Å². The Morgan fingerprint density at radius 2 is 1.80 bits per heavy atom. The van der Waals surface area contributed by atoms with E-state index in [1.165, 1.54) is 19.2 Å². The number of carbonyl (C=O) groups is 2. The molecule has 6 nitrogen and oxygen atoms in total. The molecule has 180 valence electrons. The highest BCUT2D eigenvalue weighted by Gasteiger charge is 2.29. The van der Waals surface area contributed by atoms with E-state index < -0.39 is 5.82 Å². The van der Waals surface area contributed by atoms with Crippen LogP contribution in [0.5, 0.6) is 0 Å². The molecule has 0 fully saturated rings. The second-order valence-corrected chi connectivity index (χ2v) is 8.73. The summed E-state index contributed by atoms with van der Waals surface area (Å²) in [6, 6.07) is 20.0. The Bertz CT molecular complexity index is 1280. The number of ether oxygens (including phenoxy) is 1. The quantitative estimate of drug-likeness (QED) is 0.359. The van der Waals surface area contributed by atoms with Crippen LogP contribution in [0.1, 0.15) is 28.7 Å². The molecule has 0 atom stereocenters. The number of hydrogen-bond acceptors (Lipinski definition) is 5. The molecule has 0 radical (unpaired) electrons. The average Bonchev–Trinajstić information content (AvgIpc) is 3.15. The molecule has 1 heterocycles. The fourth-order valence-corrected chi connectivity index (χ4v) is 4.12. The van der Waals surface area contributed by atoms with Crippen LogP contribution in [0, 0.1) is 5.82 Å². The van der Waals surface area contributed by atoms with Gasteiger partial charge in [-0.1, -0.05) is 36.4 Å². The number of anilines is 2. The van der Waals surface area contributed by atoms with Gasteiger partial charge in [0.1, 0.15) is 5.82 Å². The molecule has 0 saturated carbocycles. The van der Waals surface area contributed by atoms with Crippen molar-refractivity contribution in [2.75, 3.05) is 31.8 Å². The van der Waals surface area contributed by atoms with E-state index >= 15 is 0 Å². The Hall–Kier alpha value is -3.97. The van der Waals surface area contributed by atoms with Gasteiger partial charge in [-0.3, -0.25) is 9.59 Å². The van der Waals surface area contributed by atoms with Gasteiger partial charge in [-0.05, 0) is 67.5 Å². The Labute approximate surface area is 204 Å². The first-order valence-electron chi connectivity index (χ1n) is 11.4. The number of aryl methyl sites for hydroxylation is 1. The number of halogens is 1. The van der Waals surface area contributed by atoms with E-state index in [4.69, 9.17) is 4.74 Å². The summed E-state index contributed by atoms with van der Waals surface area (Å²) in [5.74, 6) is -0.971. The van der Waals surface area contributed by atoms with Crippen LogP contribution in [0.4, 0.5) is 15.8 Å². The summed E-state index contributed by atoms with van der Waals surface area (Å²) in [5.41, 5.74) is 5.89. The second kappa shape index (κ2) is 10.5. The maximum absolute atomic E-state index is 13.8. The number of nitrogens with one attached hydrogen (secondary N) is 2. The number of hydrogen-bond donors (Lipinski definition) is 2. The molecule has 7 heteroatoms. The zero-order valence-electron chi connectivity index (χ0n) is 20.0. The minimum absolute atomic E-state index is 0.261. The second-order valence-electron chi connectivity index (χ2n) is 8.73. The topological polar surface area (TPSA) is 70.7 Å². The Morgan fingerprint density at radius 3 is 2.51 bits per heavy atom. The third kappa shape index (κ3) is 5.75. The third-order valence-corrected chi connectivity index (χ3v) is 5.76. The van der Waals surface area contributed by atoms with Gasteiger partial charge in [0.2, 0.25) is 0 Å². The number of fused-ring (bicyclic) bond motifs is 1. The van der Waals surface area contributed by atoms with Crippen LogP contribution in [-0.2, 0) is 27.3 Å². The highest BCUT2D eigenvalue weighted by Crippen LogP contribution is 2.38. The Balaban J connectivity index is 1.75. The first-order valence-corrected chi connectivity index (χ1v) is 11.4. The molecular weight excluding hydrogens is 445 g/mol. The molecule has 1 amide bonds. The summed E-state index contributed by atoms with van der Waals surface area (Å²) in [6.07, 6.45) is 0.851. The summed E-state index contributed by atoms with van der Waals surface area (Å²) in [5, 5.41) is 6.23. The van der Waals surface area contributed by atoms with Gasteiger partial charge in [-0.2, -0.15) is 0 Å². The molecule has 3 aromatic carbocycles. The summed E-state index contributed by atoms with van der Waals surface area (Å²) < 4.78 is 18.5. The van der Waals surface area contributed by atoms with Crippen LogP contribution in [0.2, 0.25) is 0 Å². The van der Waals surface area contributed by atoms with E-state index in [0.717, 1.165) is 28.9 Å². The summed E-state index contributed by atoms with van der Waals surface area (Å²) >= 11 is 0. The summed E-state index contributed by atoms with van der Waals surface area (Å²) in [6.45, 7) is 0.777. The number of methoxy groups -OCH3 is 1. The lowest BCUT2D eigenvalue weighted by Crippen LogP contribution is -2.12. The number of carbonyl (C=O) groups excluding carboxylic acids is 2. The first-order chi connectivity index (χ1) is 16.8. The predicted molar refractivity (Wildman–Crippen MR) is 136 cm³/mol. The minimum atomic E-state index is -0.411. The molecule has 0 aliphatic carbocycles. The van der Waals surface area contributed by atoms with Crippen LogP contribution in [0.3, 0.4) is 0 Å². The molecule has 1 aliphatic rings. The minimum Gasteiger partial charge on any atom is -0.469 e. The van der Waals surface area contributed by atoms with Crippen LogP contribution in [0.25, 0.3) is 11.3 Å². The van der Waals surface area contributed by atoms with E-state index in [1.807, 2.05) is 56.6 Å². The van der Waals surface area contributed by atoms with Crippen LogP contribution >= 0.6 is 0 Å². The van der Waals surface area contributed by atoms with E-state index in [9.17, 15) is 14.0 Å². The Kier molecular flexibility index (Phi) is 7.27. The molecule has 0 spiro atoms. The zero-order chi connectivity index (χ0) is 24.9. The average molecular weight is 474 g/mol. The Morgan fingerprint density at radius 1 is 1.03 bits per heavy atom. The molecule has 0 saturated heterocycles. The van der Waals surface area contributed by atoms with Crippen molar-refractivity contribution in [1.29, 1.82) is 0 Å². The molecule has 35 heavy (non-hydrogen) atoms. The summed E-state index contributed by atoms with van der Waals surface area (Å²) in [7, 11) is 5.39. The largest absolute Gasteiger partial charge is 0.469 e. The van der Waals surface area contributed by atoms with Crippen molar-refractivity contribution in [3.05, 3.63) is 94.8 Å². The predicted octanol–water partition coefficient (Wildman–Crippen LogP) is 4.93. The van der Waals surface area contributed by atoms with Gasteiger partial charge in [-0.25, -0.2) is 4.39 Å². The lowest BCUT2D eigenvalue weighted by molar-refractivity contribution is -0.140. The summed E-state index contributed by atoms with van der Waals surface area (Å²) in [4.78, 5) is 26.6. The lowest BCUT2D eigenvalue weighted by atomic mass is 9.98. The fourth-order valence-electron chi connectivity index (χ4n) is 4.12. The van der Waals surface area contributed by atoms with Gasteiger partial charge in [0.25, 0.3) is 5.91 Å². The number of nitrogens with zero attached hydrogens (tertiary/aromatic N) is 1. The molecule has 0 bridgehead atoms. The van der Waals surface area contributed by atoms with E-state index in [-0.39, 0.29) is 11.9 Å². The van der Waals surface area contributed by atoms with Crippen molar-refractivity contribution >= 4 is 34.5 Å². The van der Waals surface area contributed by atoms with Gasteiger partial charge in [0.15, 0.2) is 0 Å². The normalized spacial score (nSPS) is 13.9. The van der Waals surface area contributed by atoms with Gasteiger partial charge in [0, 0.05) is 24.2 Å². The van der Waals surface area contributed by atoms with Gasteiger partial charge < -0.3 is 20.3 Å². The van der Waals surface area contributed by atoms with E-state index in [1.54, 1.807) is 6.07 Å². The fraction of sp³-hybridized carbons (Fsp3) is 0.214. The van der Waals surface area contributed by atoms with Gasteiger partial charge >= 0.3 is 5.97 Å². The van der Waals surface area contributed by atoms with E-state index in [0.29, 0.717) is 35.4 Å². The molecule has 1 aliphatic heterocycles. The van der Waals surface area contributed by atoms with E-state index in [2.05, 4.69) is 21.6 Å². The third-order valence-electron chi connectivity index (χ3n) is 5.76. The number of rotatable bonds is 8. The van der Waals surface area contributed by atoms with Crippen molar-refractivity contribution in [2.24, 2.45) is 0 Å². The SMILES string of the molecule is COC(=O)CCc1ccc(C(Nc2cccc(CN(C)C)c2)=C2C(=O)Nc3cc(F)ccc32)cc1. The van der Waals surface area contributed by atoms with Crippen molar-refractivity contribution in [3.8, 4) is 0 Å². The standard InChI is InChI=1S/C28H28FN3O3/c1-32(2)17-19-5-4-6-22(15-19)30-27(20-10-7-18(8-11-20)9-14-25(33)35-3)26-23-13-12-21(29)16-24(23)31-28(26)34/h4-8,10-13,15-16,30H,9,14,17H2,1-3H3,(H,31,34). The number of esters is 1. The molecule has 2 N–H and O–H groups in total. The highest BCUT2D eigenvalue weighted by molar-refractivity contribution is 6.37. The molecule has 4 rings (SSSR count). The lowest BCUT2D eigenvalue weighted by Gasteiger charge is -2.17. The molecule has 3 aromatic rings. The zero-order valence-corrected chi connectivity index (χ0v) is 20.0. The number of amides is 1. The monoisotopic (exact) mass is 473 g/mol. The number of benzene rings is 3. The maximum Gasteiger partial charge on any atom is 0.305 e. The van der Waals surface area contributed by atoms with Crippen LogP contribution in [0.15, 0.2) is 66.7 Å².